The zero-order valence-corrected chi connectivity index (χ0v) is 7.50. The third-order valence-electron chi connectivity index (χ3n) is 1.54. The maximum atomic E-state index is 10.9. The van der Waals surface area contributed by atoms with E-state index in [1.54, 1.807) is 12.1 Å². The molecule has 0 saturated heterocycles. The van der Waals surface area contributed by atoms with E-state index in [-0.39, 0.29) is 11.5 Å². The molecule has 0 bridgehead atoms. The average Bonchev–Trinajstić information content (AvgIpc) is 2.37. The van der Waals surface area contributed by atoms with Gasteiger partial charge in [0.15, 0.2) is 11.5 Å². The largest absolute Gasteiger partial charge is 0.501 e. The van der Waals surface area contributed by atoms with E-state index in [1.165, 1.54) is 13.2 Å². The number of ether oxygens (including phenoxy) is 1. The third-order valence-corrected chi connectivity index (χ3v) is 2.29. The molecule has 0 spiro atoms. The molecular weight excluding hydrogens is 196 g/mol. The van der Waals surface area contributed by atoms with E-state index >= 15 is 0 Å². The molecule has 0 aliphatic carbocycles. The van der Waals surface area contributed by atoms with Gasteiger partial charge in [-0.05, 0) is 12.1 Å². The van der Waals surface area contributed by atoms with Gasteiger partial charge in [0.2, 0.25) is 5.75 Å². The highest BCUT2D eigenvalue weighted by Gasteiger charge is 2.31. The van der Waals surface area contributed by atoms with Gasteiger partial charge in [-0.15, -0.1) is 8.42 Å². The summed E-state index contributed by atoms with van der Waals surface area (Å²) in [4.78, 5) is 0. The van der Waals surface area contributed by atoms with Gasteiger partial charge < -0.3 is 13.1 Å². The second-order valence-electron chi connectivity index (χ2n) is 2.36. The molecule has 0 amide bonds. The summed E-state index contributed by atoms with van der Waals surface area (Å²) in [6.45, 7) is 0. The molecular formula is C7H6O5S. The number of para-hydroxylation sites is 1. The smallest absolute Gasteiger partial charge is 0.493 e. The molecule has 13 heavy (non-hydrogen) atoms. The second-order valence-corrected chi connectivity index (χ2v) is 3.51. The van der Waals surface area contributed by atoms with Crippen LogP contribution in [0, 0.1) is 0 Å². The Hall–Kier alpha value is -1.43. The third kappa shape index (κ3) is 1.29. The normalized spacial score (nSPS) is 17.0. The van der Waals surface area contributed by atoms with Crippen molar-refractivity contribution in [1.29, 1.82) is 0 Å². The first-order chi connectivity index (χ1) is 6.12. The molecule has 0 aromatic heterocycles. The standard InChI is InChI=1S/C7H6O5S/c1-10-5-3-2-4-6-7(5)12-13(8,9)11-6/h2-4H,1H3. The Kier molecular flexibility index (Phi) is 1.59. The average molecular weight is 202 g/mol. The van der Waals surface area contributed by atoms with Crippen molar-refractivity contribution >= 4 is 10.4 Å². The van der Waals surface area contributed by atoms with E-state index in [0.29, 0.717) is 5.75 Å². The molecule has 0 saturated carbocycles. The van der Waals surface area contributed by atoms with Crippen molar-refractivity contribution in [2.75, 3.05) is 7.11 Å². The van der Waals surface area contributed by atoms with Gasteiger partial charge in [-0.2, -0.15) is 0 Å². The molecule has 0 fully saturated rings. The number of hydrogen-bond donors (Lipinski definition) is 0. The minimum absolute atomic E-state index is 0.102. The summed E-state index contributed by atoms with van der Waals surface area (Å²) in [5.74, 6) is 0.586. The highest BCUT2D eigenvalue weighted by Crippen LogP contribution is 2.42. The lowest BCUT2D eigenvalue weighted by molar-refractivity contribution is 0.391. The molecule has 0 radical (unpaired) electrons. The van der Waals surface area contributed by atoms with Gasteiger partial charge >= 0.3 is 10.4 Å². The van der Waals surface area contributed by atoms with Crippen molar-refractivity contribution < 1.29 is 21.5 Å². The molecule has 5 nitrogen and oxygen atoms in total. The van der Waals surface area contributed by atoms with E-state index in [9.17, 15) is 8.42 Å². The number of methoxy groups -OCH3 is 1. The van der Waals surface area contributed by atoms with E-state index in [4.69, 9.17) is 4.74 Å². The second kappa shape index (κ2) is 2.53. The molecule has 2 rings (SSSR count). The van der Waals surface area contributed by atoms with Gasteiger partial charge in [0.1, 0.15) is 0 Å². The van der Waals surface area contributed by atoms with Crippen molar-refractivity contribution in [2.45, 2.75) is 0 Å². The summed E-state index contributed by atoms with van der Waals surface area (Å²) in [6.07, 6.45) is 0. The van der Waals surface area contributed by atoms with Crippen LogP contribution in [0.5, 0.6) is 17.2 Å². The van der Waals surface area contributed by atoms with Crippen LogP contribution in [-0.4, -0.2) is 15.5 Å². The topological polar surface area (TPSA) is 61.8 Å². The van der Waals surface area contributed by atoms with E-state index in [1.807, 2.05) is 0 Å². The fourth-order valence-corrected chi connectivity index (χ4v) is 1.79. The van der Waals surface area contributed by atoms with Crippen LogP contribution in [-0.2, 0) is 10.4 Å². The summed E-state index contributed by atoms with van der Waals surface area (Å²) in [6, 6.07) is 4.69. The van der Waals surface area contributed by atoms with Crippen molar-refractivity contribution in [3.63, 3.8) is 0 Å². The molecule has 1 aliphatic heterocycles. The van der Waals surface area contributed by atoms with Crippen LogP contribution in [0.2, 0.25) is 0 Å². The van der Waals surface area contributed by atoms with Crippen molar-refractivity contribution in [3.8, 4) is 17.2 Å². The van der Waals surface area contributed by atoms with Crippen LogP contribution >= 0.6 is 0 Å². The van der Waals surface area contributed by atoms with Crippen LogP contribution in [0.3, 0.4) is 0 Å². The fraction of sp³-hybridized carbons (Fsp3) is 0.143. The minimum Gasteiger partial charge on any atom is -0.493 e. The highest BCUT2D eigenvalue weighted by atomic mass is 32.3. The number of rotatable bonds is 1. The molecule has 1 heterocycles. The lowest BCUT2D eigenvalue weighted by Crippen LogP contribution is -2.08. The number of fused-ring (bicyclic) bond motifs is 1. The predicted octanol–water partition coefficient (Wildman–Crippen LogP) is 0.711. The highest BCUT2D eigenvalue weighted by molar-refractivity contribution is 7.82. The van der Waals surface area contributed by atoms with Crippen LogP contribution in [0.15, 0.2) is 18.2 Å². The number of hydrogen-bond acceptors (Lipinski definition) is 5. The van der Waals surface area contributed by atoms with Gasteiger partial charge in [0, 0.05) is 0 Å². The van der Waals surface area contributed by atoms with Gasteiger partial charge in [-0.3, -0.25) is 0 Å². The van der Waals surface area contributed by atoms with Crippen molar-refractivity contribution in [1.82, 2.24) is 0 Å². The molecule has 70 valence electrons. The van der Waals surface area contributed by atoms with E-state index in [0.717, 1.165) is 0 Å². The van der Waals surface area contributed by atoms with Gasteiger partial charge in [0.25, 0.3) is 0 Å². The van der Waals surface area contributed by atoms with Gasteiger partial charge in [-0.1, -0.05) is 6.07 Å². The van der Waals surface area contributed by atoms with Crippen LogP contribution < -0.4 is 13.1 Å². The molecule has 1 aromatic carbocycles. The fourth-order valence-electron chi connectivity index (χ4n) is 1.03. The zero-order chi connectivity index (χ0) is 9.47. The first kappa shape index (κ1) is 8.18. The van der Waals surface area contributed by atoms with Gasteiger partial charge in [-0.25, -0.2) is 0 Å². The quantitative estimate of drug-likeness (QED) is 0.671. The Morgan fingerprint density at radius 1 is 1.31 bits per heavy atom. The SMILES string of the molecule is COc1cccc2c1OS(=O)(=O)O2. The first-order valence-corrected chi connectivity index (χ1v) is 4.76. The molecule has 1 aromatic rings. The Labute approximate surface area is 75.2 Å². The Morgan fingerprint density at radius 3 is 2.77 bits per heavy atom. The van der Waals surface area contributed by atoms with Crippen LogP contribution in [0.25, 0.3) is 0 Å². The minimum atomic E-state index is -3.92. The zero-order valence-electron chi connectivity index (χ0n) is 6.68. The summed E-state index contributed by atoms with van der Waals surface area (Å²) < 4.78 is 35.6. The Balaban J connectivity index is 2.57. The predicted molar refractivity (Wildman–Crippen MR) is 43.2 cm³/mol. The molecule has 6 heteroatoms. The molecule has 1 aliphatic rings. The van der Waals surface area contributed by atoms with Crippen molar-refractivity contribution in [2.24, 2.45) is 0 Å². The lowest BCUT2D eigenvalue weighted by atomic mass is 10.3. The summed E-state index contributed by atoms with van der Waals surface area (Å²) in [5.41, 5.74) is 0. The summed E-state index contributed by atoms with van der Waals surface area (Å²) >= 11 is 0. The summed E-state index contributed by atoms with van der Waals surface area (Å²) in [7, 11) is -2.50. The van der Waals surface area contributed by atoms with E-state index < -0.39 is 10.4 Å². The van der Waals surface area contributed by atoms with Crippen LogP contribution in [0.4, 0.5) is 0 Å². The monoisotopic (exact) mass is 202 g/mol. The van der Waals surface area contributed by atoms with Crippen molar-refractivity contribution in [3.05, 3.63) is 18.2 Å². The Bertz CT molecular complexity index is 436. The maximum absolute atomic E-state index is 10.9. The van der Waals surface area contributed by atoms with E-state index in [2.05, 4.69) is 8.37 Å². The summed E-state index contributed by atoms with van der Waals surface area (Å²) in [5, 5.41) is 0. The maximum Gasteiger partial charge on any atom is 0.501 e. The van der Waals surface area contributed by atoms with Gasteiger partial charge in [0.05, 0.1) is 7.11 Å². The first-order valence-electron chi connectivity index (χ1n) is 3.43. The molecule has 0 N–H and O–H groups in total. The Morgan fingerprint density at radius 2 is 2.08 bits per heavy atom. The molecule has 0 atom stereocenters. The number of benzene rings is 1. The lowest BCUT2D eigenvalue weighted by Gasteiger charge is -2.00. The van der Waals surface area contributed by atoms with Crippen LogP contribution in [0.1, 0.15) is 0 Å². The molecule has 0 unspecified atom stereocenters.